The molecular formula is C25H41N5O9S. The first kappa shape index (κ1) is 33.5. The molecule has 1 heterocycles. The van der Waals surface area contributed by atoms with E-state index in [0.29, 0.717) is 26.2 Å². The van der Waals surface area contributed by atoms with Crippen molar-refractivity contribution in [2.24, 2.45) is 0 Å². The van der Waals surface area contributed by atoms with Crippen LogP contribution in [0.15, 0.2) is 30.3 Å². The number of aliphatic hydroxyl groups is 1. The van der Waals surface area contributed by atoms with Crippen molar-refractivity contribution in [2.45, 2.75) is 12.6 Å². The van der Waals surface area contributed by atoms with E-state index in [-0.39, 0.29) is 65.4 Å². The number of hydrogen-bond donors (Lipinski definition) is 4. The average molecular weight is 588 g/mol. The zero-order chi connectivity index (χ0) is 29.7. The van der Waals surface area contributed by atoms with Crippen molar-refractivity contribution in [1.82, 2.24) is 23.9 Å². The number of hydrogen-bond acceptors (Lipinski definition) is 10. The monoisotopic (exact) mass is 587 g/mol. The van der Waals surface area contributed by atoms with Crippen LogP contribution < -0.4 is 0 Å². The number of aliphatic carboxylic acids is 3. The van der Waals surface area contributed by atoms with Crippen molar-refractivity contribution >= 4 is 27.9 Å². The number of aliphatic hydroxyl groups excluding tert-OH is 1. The number of carboxylic acid groups (broad SMARTS) is 3. The first-order chi connectivity index (χ1) is 18.8. The summed E-state index contributed by atoms with van der Waals surface area (Å²) in [6.45, 7) is 1.71. The molecule has 0 saturated carbocycles. The van der Waals surface area contributed by atoms with Crippen LogP contribution in [0.4, 0.5) is 0 Å². The predicted octanol–water partition coefficient (Wildman–Crippen LogP) is -1.72. The van der Waals surface area contributed by atoms with Gasteiger partial charge in [-0.3, -0.25) is 34.0 Å². The highest BCUT2D eigenvalue weighted by Crippen LogP contribution is 2.10. The van der Waals surface area contributed by atoms with Crippen LogP contribution in [0.1, 0.15) is 5.56 Å². The van der Waals surface area contributed by atoms with Crippen LogP contribution in [0.25, 0.3) is 0 Å². The maximum absolute atomic E-state index is 12.4. The number of β-amino-alcohol motifs (C(OH)–C–C–N with tert-alkyl or cyclic N) is 1. The van der Waals surface area contributed by atoms with Crippen molar-refractivity contribution in [2.75, 3.05) is 91.3 Å². The molecule has 226 valence electrons. The normalized spacial score (nSPS) is 18.6. The number of nitrogens with zero attached hydrogens (tertiary/aromatic N) is 5. The number of benzene rings is 1. The molecule has 15 heteroatoms. The van der Waals surface area contributed by atoms with Crippen molar-refractivity contribution in [1.29, 1.82) is 0 Å². The quantitative estimate of drug-likeness (QED) is 0.205. The van der Waals surface area contributed by atoms with Crippen molar-refractivity contribution in [3.63, 3.8) is 0 Å². The van der Waals surface area contributed by atoms with E-state index in [1.165, 1.54) is 4.31 Å². The number of rotatable bonds is 13. The van der Waals surface area contributed by atoms with E-state index in [1.54, 1.807) is 39.0 Å². The topological polar surface area (TPSA) is 182 Å². The van der Waals surface area contributed by atoms with E-state index in [2.05, 4.69) is 0 Å². The zero-order valence-electron chi connectivity index (χ0n) is 22.8. The fourth-order valence-corrected chi connectivity index (χ4v) is 5.33. The molecule has 0 radical (unpaired) electrons. The van der Waals surface area contributed by atoms with Crippen molar-refractivity contribution in [3.05, 3.63) is 35.9 Å². The molecule has 40 heavy (non-hydrogen) atoms. The molecular weight excluding hydrogens is 546 g/mol. The Kier molecular flexibility index (Phi) is 13.9. The van der Waals surface area contributed by atoms with Crippen LogP contribution in [0.3, 0.4) is 0 Å². The van der Waals surface area contributed by atoms with Gasteiger partial charge in [-0.1, -0.05) is 30.3 Å². The third-order valence-corrected chi connectivity index (χ3v) is 7.78. The van der Waals surface area contributed by atoms with Gasteiger partial charge in [-0.25, -0.2) is 8.42 Å². The SMILES string of the molecule is CS(=O)(=O)N(Cc1ccccc1)CC(O)CN1CCN(CC(=O)O)CCN(CC(=O)O)CCN(CC(=O)O)CC1. The van der Waals surface area contributed by atoms with Crippen molar-refractivity contribution in [3.8, 4) is 0 Å². The van der Waals surface area contributed by atoms with Crippen LogP contribution >= 0.6 is 0 Å². The van der Waals surface area contributed by atoms with Gasteiger partial charge in [-0.15, -0.1) is 0 Å². The summed E-state index contributed by atoms with van der Waals surface area (Å²) in [7, 11) is -3.63. The zero-order valence-corrected chi connectivity index (χ0v) is 23.7. The summed E-state index contributed by atoms with van der Waals surface area (Å²) in [5.74, 6) is -3.08. The molecule has 0 spiro atoms. The van der Waals surface area contributed by atoms with Gasteiger partial charge in [-0.05, 0) is 5.56 Å². The fraction of sp³-hybridized carbons (Fsp3) is 0.640. The molecule has 1 aromatic carbocycles. The Hall–Kier alpha value is -2.66. The highest BCUT2D eigenvalue weighted by molar-refractivity contribution is 7.88. The Morgan fingerprint density at radius 2 is 1.12 bits per heavy atom. The van der Waals surface area contributed by atoms with E-state index in [1.807, 2.05) is 11.0 Å². The summed E-state index contributed by atoms with van der Waals surface area (Å²) in [6.07, 6.45) is 0.0263. The van der Waals surface area contributed by atoms with Crippen LogP contribution in [0.2, 0.25) is 0 Å². The Balaban J connectivity index is 2.16. The van der Waals surface area contributed by atoms with E-state index in [0.717, 1.165) is 11.8 Å². The van der Waals surface area contributed by atoms with Gasteiger partial charge >= 0.3 is 17.9 Å². The second kappa shape index (κ2) is 16.6. The van der Waals surface area contributed by atoms with Crippen LogP contribution in [0.5, 0.6) is 0 Å². The molecule has 1 unspecified atom stereocenters. The molecule has 0 amide bonds. The second-order valence-corrected chi connectivity index (χ2v) is 12.0. The van der Waals surface area contributed by atoms with Gasteiger partial charge in [-0.2, -0.15) is 4.31 Å². The largest absolute Gasteiger partial charge is 0.480 e. The first-order valence-electron chi connectivity index (χ1n) is 13.0. The lowest BCUT2D eigenvalue weighted by molar-refractivity contribution is -0.140. The number of sulfonamides is 1. The maximum atomic E-state index is 12.4. The van der Waals surface area contributed by atoms with E-state index in [9.17, 15) is 43.2 Å². The Morgan fingerprint density at radius 1 is 0.750 bits per heavy atom. The minimum absolute atomic E-state index is 0.0910. The third kappa shape index (κ3) is 13.6. The molecule has 0 bridgehead atoms. The summed E-state index contributed by atoms with van der Waals surface area (Å²) in [5.41, 5.74) is 0.775. The molecule has 0 aliphatic carbocycles. The van der Waals surface area contributed by atoms with Gasteiger partial charge < -0.3 is 20.4 Å². The van der Waals surface area contributed by atoms with Crippen LogP contribution in [0, 0.1) is 0 Å². The van der Waals surface area contributed by atoms with Gasteiger partial charge in [0.25, 0.3) is 0 Å². The molecule has 1 aliphatic rings. The molecule has 1 atom stereocenters. The van der Waals surface area contributed by atoms with Crippen LogP contribution in [-0.4, -0.2) is 168 Å². The maximum Gasteiger partial charge on any atom is 0.317 e. The van der Waals surface area contributed by atoms with Gasteiger partial charge in [0.05, 0.1) is 32.0 Å². The van der Waals surface area contributed by atoms with Gasteiger partial charge in [0.15, 0.2) is 0 Å². The molecule has 14 nitrogen and oxygen atoms in total. The standard InChI is InChI=1S/C25H41N5O9S/c1-40(38,39)30(15-21-5-3-2-4-6-21)17-22(31)16-26-7-9-27(18-23(32)33)11-13-29(20-25(36)37)14-12-28(10-8-26)19-24(34)35/h2-6,22,31H,7-20H2,1H3,(H,32,33)(H,34,35)(H,36,37). The van der Waals surface area contributed by atoms with Gasteiger partial charge in [0.2, 0.25) is 10.0 Å². The number of carboxylic acids is 3. The molecule has 1 aliphatic heterocycles. The lowest BCUT2D eigenvalue weighted by atomic mass is 10.2. The predicted molar refractivity (Wildman–Crippen MR) is 146 cm³/mol. The highest BCUT2D eigenvalue weighted by Gasteiger charge is 2.24. The average Bonchev–Trinajstić information content (AvgIpc) is 2.84. The minimum atomic E-state index is -3.63. The van der Waals surface area contributed by atoms with Crippen molar-refractivity contribution < 1.29 is 43.2 Å². The fourth-order valence-electron chi connectivity index (χ4n) is 4.50. The van der Waals surface area contributed by atoms with E-state index in [4.69, 9.17) is 0 Å². The summed E-state index contributed by atoms with van der Waals surface area (Å²) < 4.78 is 26.1. The summed E-state index contributed by atoms with van der Waals surface area (Å²) in [6, 6.07) is 9.02. The smallest absolute Gasteiger partial charge is 0.317 e. The highest BCUT2D eigenvalue weighted by atomic mass is 32.2. The Morgan fingerprint density at radius 3 is 1.48 bits per heavy atom. The van der Waals surface area contributed by atoms with E-state index >= 15 is 0 Å². The van der Waals surface area contributed by atoms with Crippen LogP contribution in [-0.2, 0) is 31.0 Å². The minimum Gasteiger partial charge on any atom is -0.480 e. The number of carbonyl (C=O) groups is 3. The summed E-state index contributed by atoms with van der Waals surface area (Å²) >= 11 is 0. The Labute approximate surface area is 235 Å². The molecule has 2 rings (SSSR count). The molecule has 1 aromatic rings. The first-order valence-corrected chi connectivity index (χ1v) is 14.9. The molecule has 1 fully saturated rings. The summed E-state index contributed by atoms with van der Waals surface area (Å²) in [4.78, 5) is 41.1. The lowest BCUT2D eigenvalue weighted by Crippen LogP contribution is -2.50. The Bertz CT molecular complexity index is 1030. The molecule has 1 saturated heterocycles. The van der Waals surface area contributed by atoms with Gasteiger partial charge in [0.1, 0.15) is 0 Å². The third-order valence-electron chi connectivity index (χ3n) is 6.56. The molecule has 0 aromatic heterocycles. The van der Waals surface area contributed by atoms with Gasteiger partial charge in [0, 0.05) is 72.0 Å². The second-order valence-electron chi connectivity index (χ2n) is 10.0. The summed E-state index contributed by atoms with van der Waals surface area (Å²) in [5, 5.41) is 38.9. The van der Waals surface area contributed by atoms with E-state index < -0.39 is 34.0 Å². The molecule has 4 N–H and O–H groups in total. The lowest BCUT2D eigenvalue weighted by Gasteiger charge is -2.34.